The van der Waals surface area contributed by atoms with Gasteiger partial charge in [-0.15, -0.1) is 0 Å². The van der Waals surface area contributed by atoms with Gasteiger partial charge in [0.05, 0.1) is 0 Å². The van der Waals surface area contributed by atoms with Gasteiger partial charge in [-0.3, -0.25) is 0 Å². The van der Waals surface area contributed by atoms with Gasteiger partial charge in [0.1, 0.15) is 0 Å². The Balaban J connectivity index is 2.16. The largest absolute Gasteiger partial charge is 0.328 e. The Morgan fingerprint density at radius 3 is 2.47 bits per heavy atom. The minimum absolute atomic E-state index is 0.403. The van der Waals surface area contributed by atoms with E-state index in [1.165, 1.54) is 19.3 Å². The van der Waals surface area contributed by atoms with E-state index in [9.17, 15) is 0 Å². The Morgan fingerprint density at radius 2 is 2.00 bits per heavy atom. The van der Waals surface area contributed by atoms with E-state index < -0.39 is 0 Å². The number of hydrogen-bond acceptors (Lipinski definition) is 2. The predicted molar refractivity (Wildman–Crippen MR) is 66.8 cm³/mol. The fraction of sp³-hybridized carbons (Fsp3) is 1.00. The molecule has 2 atom stereocenters. The van der Waals surface area contributed by atoms with Gasteiger partial charge in [-0.25, -0.2) is 0 Å². The third kappa shape index (κ3) is 4.12. The molecule has 0 amide bonds. The van der Waals surface area contributed by atoms with Crippen molar-refractivity contribution >= 4 is 0 Å². The van der Waals surface area contributed by atoms with Crippen LogP contribution in [0.2, 0.25) is 0 Å². The summed E-state index contributed by atoms with van der Waals surface area (Å²) >= 11 is 0. The molecule has 0 radical (unpaired) electrons. The number of nitrogens with one attached hydrogen (secondary N) is 1. The molecule has 1 aliphatic carbocycles. The number of rotatable bonds is 5. The molecule has 1 rings (SSSR count). The Bertz CT molecular complexity index is 187. The Kier molecular flexibility index (Phi) is 4.60. The first-order chi connectivity index (χ1) is 6.92. The van der Waals surface area contributed by atoms with E-state index in [0.29, 0.717) is 11.5 Å². The Labute approximate surface area is 95.0 Å². The van der Waals surface area contributed by atoms with E-state index in [0.717, 1.165) is 24.9 Å². The van der Waals surface area contributed by atoms with Gasteiger partial charge in [-0.1, -0.05) is 27.7 Å². The first-order valence-corrected chi connectivity index (χ1v) is 6.38. The van der Waals surface area contributed by atoms with Crippen LogP contribution in [0.25, 0.3) is 0 Å². The highest BCUT2D eigenvalue weighted by atomic mass is 14.9. The summed E-state index contributed by atoms with van der Waals surface area (Å²) in [6, 6.07) is 0.468. The molecule has 0 aliphatic heterocycles. The second kappa shape index (κ2) is 5.31. The van der Waals surface area contributed by atoms with Crippen molar-refractivity contribution in [3.63, 3.8) is 0 Å². The third-order valence-corrected chi connectivity index (χ3v) is 4.16. The van der Waals surface area contributed by atoms with Crippen molar-refractivity contribution in [2.45, 2.75) is 53.0 Å². The summed E-state index contributed by atoms with van der Waals surface area (Å²) in [4.78, 5) is 0. The molecule has 90 valence electrons. The van der Waals surface area contributed by atoms with Crippen molar-refractivity contribution in [3.05, 3.63) is 0 Å². The molecule has 1 fully saturated rings. The second-order valence-corrected chi connectivity index (χ2v) is 6.21. The summed E-state index contributed by atoms with van der Waals surface area (Å²) in [5.74, 6) is 1.55. The fourth-order valence-corrected chi connectivity index (χ4v) is 2.10. The summed E-state index contributed by atoms with van der Waals surface area (Å²) in [6.45, 7) is 11.6. The number of nitrogens with two attached hydrogens (primary N) is 1. The van der Waals surface area contributed by atoms with E-state index in [2.05, 4.69) is 33.0 Å². The molecule has 2 heteroatoms. The van der Waals surface area contributed by atoms with Gasteiger partial charge in [0.15, 0.2) is 0 Å². The van der Waals surface area contributed by atoms with Crippen molar-refractivity contribution in [2.75, 3.05) is 13.1 Å². The van der Waals surface area contributed by atoms with Gasteiger partial charge in [-0.2, -0.15) is 0 Å². The molecule has 0 heterocycles. The molecular formula is C13H28N2. The van der Waals surface area contributed by atoms with Crippen LogP contribution in [0.4, 0.5) is 0 Å². The fourth-order valence-electron chi connectivity index (χ4n) is 2.10. The highest BCUT2D eigenvalue weighted by Crippen LogP contribution is 2.26. The zero-order valence-electron chi connectivity index (χ0n) is 10.8. The lowest BCUT2D eigenvalue weighted by Gasteiger charge is -2.30. The average molecular weight is 212 g/mol. The molecule has 0 bridgehead atoms. The Hall–Kier alpha value is -0.0800. The van der Waals surface area contributed by atoms with Crippen LogP contribution >= 0.6 is 0 Å². The van der Waals surface area contributed by atoms with Crippen LogP contribution in [0.5, 0.6) is 0 Å². The van der Waals surface area contributed by atoms with E-state index in [4.69, 9.17) is 5.73 Å². The smallest absolute Gasteiger partial charge is 0.00420 e. The van der Waals surface area contributed by atoms with Crippen LogP contribution in [0.3, 0.4) is 0 Å². The molecule has 2 unspecified atom stereocenters. The molecule has 3 N–H and O–H groups in total. The maximum atomic E-state index is 5.90. The molecule has 15 heavy (non-hydrogen) atoms. The molecular weight excluding hydrogens is 184 g/mol. The summed E-state index contributed by atoms with van der Waals surface area (Å²) in [6.07, 6.45) is 3.76. The minimum Gasteiger partial charge on any atom is -0.328 e. The highest BCUT2D eigenvalue weighted by Gasteiger charge is 2.24. The zero-order valence-corrected chi connectivity index (χ0v) is 10.8. The van der Waals surface area contributed by atoms with Crippen molar-refractivity contribution in [1.29, 1.82) is 0 Å². The van der Waals surface area contributed by atoms with Gasteiger partial charge < -0.3 is 11.1 Å². The van der Waals surface area contributed by atoms with Crippen LogP contribution in [0.1, 0.15) is 47.0 Å². The molecule has 1 saturated carbocycles. The van der Waals surface area contributed by atoms with E-state index >= 15 is 0 Å². The van der Waals surface area contributed by atoms with Gasteiger partial charge in [0.25, 0.3) is 0 Å². The monoisotopic (exact) mass is 212 g/mol. The third-order valence-electron chi connectivity index (χ3n) is 4.16. The zero-order chi connectivity index (χ0) is 11.5. The van der Waals surface area contributed by atoms with E-state index in [1.807, 2.05) is 0 Å². The molecule has 0 aromatic carbocycles. The maximum absolute atomic E-state index is 5.90. The van der Waals surface area contributed by atoms with Crippen molar-refractivity contribution < 1.29 is 0 Å². The molecule has 1 aliphatic rings. The van der Waals surface area contributed by atoms with Crippen LogP contribution in [-0.4, -0.2) is 19.1 Å². The predicted octanol–water partition coefficient (Wildman–Crippen LogP) is 2.39. The Morgan fingerprint density at radius 1 is 1.33 bits per heavy atom. The van der Waals surface area contributed by atoms with Gasteiger partial charge in [-0.05, 0) is 43.1 Å². The van der Waals surface area contributed by atoms with Gasteiger partial charge in [0, 0.05) is 12.6 Å². The first-order valence-electron chi connectivity index (χ1n) is 6.38. The number of hydrogen-bond donors (Lipinski definition) is 2. The summed E-state index contributed by atoms with van der Waals surface area (Å²) in [7, 11) is 0. The lowest BCUT2D eigenvalue weighted by Crippen LogP contribution is -2.35. The summed E-state index contributed by atoms with van der Waals surface area (Å²) in [5, 5.41) is 3.61. The maximum Gasteiger partial charge on any atom is 0.00420 e. The summed E-state index contributed by atoms with van der Waals surface area (Å²) < 4.78 is 0. The van der Waals surface area contributed by atoms with Crippen molar-refractivity contribution in [1.82, 2.24) is 5.32 Å². The first kappa shape index (κ1) is 13.0. The summed E-state index contributed by atoms with van der Waals surface area (Å²) in [5.41, 5.74) is 6.31. The quantitative estimate of drug-likeness (QED) is 0.734. The molecule has 0 saturated heterocycles. The lowest BCUT2D eigenvalue weighted by atomic mass is 9.81. The normalized spacial score (nSPS) is 27.6. The van der Waals surface area contributed by atoms with Crippen LogP contribution in [0, 0.1) is 17.3 Å². The standard InChI is InChI=1S/C13H28N2/c1-10(2)13(3,4)9-15-8-11-5-6-12(14)7-11/h10-12,15H,5-9,14H2,1-4H3. The molecule has 0 spiro atoms. The van der Waals surface area contributed by atoms with Crippen LogP contribution < -0.4 is 11.1 Å². The average Bonchev–Trinajstić information content (AvgIpc) is 2.51. The SMILES string of the molecule is CC(C)C(C)(C)CNCC1CCC(N)C1. The molecule has 2 nitrogen and oxygen atoms in total. The molecule has 0 aromatic heterocycles. The van der Waals surface area contributed by atoms with Crippen molar-refractivity contribution in [2.24, 2.45) is 23.0 Å². The van der Waals surface area contributed by atoms with E-state index in [1.54, 1.807) is 0 Å². The van der Waals surface area contributed by atoms with Crippen LogP contribution in [0.15, 0.2) is 0 Å². The van der Waals surface area contributed by atoms with E-state index in [-0.39, 0.29) is 0 Å². The van der Waals surface area contributed by atoms with Crippen molar-refractivity contribution in [3.8, 4) is 0 Å². The van der Waals surface area contributed by atoms with Gasteiger partial charge >= 0.3 is 0 Å². The second-order valence-electron chi connectivity index (χ2n) is 6.21. The molecule has 0 aromatic rings. The highest BCUT2D eigenvalue weighted by molar-refractivity contribution is 4.81. The van der Waals surface area contributed by atoms with Crippen LogP contribution in [-0.2, 0) is 0 Å². The topological polar surface area (TPSA) is 38.0 Å². The van der Waals surface area contributed by atoms with Gasteiger partial charge in [0.2, 0.25) is 0 Å². The lowest BCUT2D eigenvalue weighted by molar-refractivity contribution is 0.233. The minimum atomic E-state index is 0.403.